The summed E-state index contributed by atoms with van der Waals surface area (Å²) < 4.78 is 12.9. The molecule has 2 aromatic rings. The molecule has 0 bridgehead atoms. The van der Waals surface area contributed by atoms with E-state index in [2.05, 4.69) is 10.6 Å². The van der Waals surface area contributed by atoms with E-state index >= 15 is 0 Å². The van der Waals surface area contributed by atoms with Crippen LogP contribution in [0.25, 0.3) is 0 Å². The lowest BCUT2D eigenvalue weighted by molar-refractivity contribution is -0.131. The Hall–Kier alpha value is -2.64. The Bertz CT molecular complexity index is 814. The first-order valence-electron chi connectivity index (χ1n) is 8.86. The predicted molar refractivity (Wildman–Crippen MR) is 109 cm³/mol. The van der Waals surface area contributed by atoms with Crippen LogP contribution >= 0.6 is 12.4 Å². The molecule has 6 nitrogen and oxygen atoms in total. The minimum absolute atomic E-state index is 0. The average Bonchev–Trinajstić information content (AvgIpc) is 3.11. The number of likely N-dealkylation sites (tertiary alicyclic amines) is 1. The molecule has 0 radical (unpaired) electrons. The molecule has 2 atom stereocenters. The third kappa shape index (κ3) is 5.43. The second-order valence-corrected chi connectivity index (χ2v) is 6.76. The van der Waals surface area contributed by atoms with Crippen molar-refractivity contribution in [3.05, 3.63) is 65.5 Å². The zero-order chi connectivity index (χ0) is 19.4. The second-order valence-electron chi connectivity index (χ2n) is 6.76. The maximum Gasteiger partial charge on any atom is 0.319 e. The molecule has 1 fully saturated rings. The molecule has 1 heterocycles. The van der Waals surface area contributed by atoms with Crippen molar-refractivity contribution in [2.75, 3.05) is 18.4 Å². The van der Waals surface area contributed by atoms with E-state index in [0.29, 0.717) is 25.2 Å². The van der Waals surface area contributed by atoms with Crippen LogP contribution in [0.2, 0.25) is 0 Å². The summed E-state index contributed by atoms with van der Waals surface area (Å²) in [5.41, 5.74) is 8.49. The van der Waals surface area contributed by atoms with Crippen molar-refractivity contribution in [2.45, 2.75) is 25.4 Å². The van der Waals surface area contributed by atoms with Gasteiger partial charge in [-0.05, 0) is 43.2 Å². The number of hydrogen-bond donors (Lipinski definition) is 3. The van der Waals surface area contributed by atoms with Crippen LogP contribution in [0, 0.1) is 12.7 Å². The first-order chi connectivity index (χ1) is 12.9. The number of carbonyl (C=O) groups is 2. The van der Waals surface area contributed by atoms with E-state index in [4.69, 9.17) is 5.73 Å². The molecule has 150 valence electrons. The summed E-state index contributed by atoms with van der Waals surface area (Å²) in [7, 11) is 0. The fourth-order valence-electron chi connectivity index (χ4n) is 3.08. The van der Waals surface area contributed by atoms with Crippen LogP contribution in [-0.4, -0.2) is 36.0 Å². The van der Waals surface area contributed by atoms with Crippen LogP contribution in [0.5, 0.6) is 0 Å². The number of anilines is 1. The molecule has 28 heavy (non-hydrogen) atoms. The van der Waals surface area contributed by atoms with Crippen molar-refractivity contribution in [3.63, 3.8) is 0 Å². The summed E-state index contributed by atoms with van der Waals surface area (Å²) in [5, 5.41) is 5.48. The maximum atomic E-state index is 12.9. The van der Waals surface area contributed by atoms with E-state index in [-0.39, 0.29) is 36.2 Å². The highest BCUT2D eigenvalue weighted by atomic mass is 35.5. The first kappa shape index (κ1) is 21.7. The van der Waals surface area contributed by atoms with Crippen LogP contribution in [0.3, 0.4) is 0 Å². The molecular formula is C20H24ClFN4O2. The van der Waals surface area contributed by atoms with Gasteiger partial charge in [-0.15, -0.1) is 12.4 Å². The van der Waals surface area contributed by atoms with Gasteiger partial charge in [-0.25, -0.2) is 9.18 Å². The Morgan fingerprint density at radius 3 is 2.43 bits per heavy atom. The largest absolute Gasteiger partial charge is 0.339 e. The number of nitrogens with one attached hydrogen (secondary N) is 2. The van der Waals surface area contributed by atoms with E-state index in [1.54, 1.807) is 4.90 Å². The lowest BCUT2D eigenvalue weighted by atomic mass is 10.0. The summed E-state index contributed by atoms with van der Waals surface area (Å²) in [6, 6.07) is 11.9. The van der Waals surface area contributed by atoms with Crippen molar-refractivity contribution >= 4 is 30.0 Å². The number of nitrogens with two attached hydrogens (primary N) is 1. The Labute approximate surface area is 169 Å². The standard InChI is InChI=1S/C20H23FN4O2.ClH/c1-13-2-4-14(5-3-13)18(22)19(26)25-11-10-17(12-25)24-20(27)23-16-8-6-15(21)7-9-16;/h2-9,17-18H,10-12,22H2,1H3,(H2,23,24,27);1H. The number of hydrogen-bond acceptors (Lipinski definition) is 3. The van der Waals surface area contributed by atoms with E-state index in [9.17, 15) is 14.0 Å². The molecule has 1 saturated heterocycles. The number of benzene rings is 2. The number of rotatable bonds is 4. The van der Waals surface area contributed by atoms with Crippen molar-refractivity contribution in [2.24, 2.45) is 5.73 Å². The Morgan fingerprint density at radius 2 is 1.79 bits per heavy atom. The molecule has 3 rings (SSSR count). The van der Waals surface area contributed by atoms with Gasteiger partial charge in [0.25, 0.3) is 0 Å². The van der Waals surface area contributed by atoms with E-state index in [0.717, 1.165) is 11.1 Å². The molecule has 0 saturated carbocycles. The highest BCUT2D eigenvalue weighted by molar-refractivity contribution is 5.89. The molecule has 4 N–H and O–H groups in total. The molecule has 3 amide bonds. The summed E-state index contributed by atoms with van der Waals surface area (Å²) >= 11 is 0. The van der Waals surface area contributed by atoms with Gasteiger partial charge in [0.1, 0.15) is 11.9 Å². The number of aryl methyl sites for hydroxylation is 1. The summed E-state index contributed by atoms with van der Waals surface area (Å²) in [6.45, 7) is 2.93. The molecule has 1 aliphatic rings. The lowest BCUT2D eigenvalue weighted by Gasteiger charge is -2.21. The third-order valence-electron chi connectivity index (χ3n) is 4.64. The molecule has 0 aliphatic carbocycles. The Morgan fingerprint density at radius 1 is 1.14 bits per heavy atom. The molecule has 2 aromatic carbocycles. The predicted octanol–water partition coefficient (Wildman–Crippen LogP) is 2.98. The molecule has 0 aromatic heterocycles. The SMILES string of the molecule is Cc1ccc(C(N)C(=O)N2CCC(NC(=O)Nc3ccc(F)cc3)C2)cc1.Cl. The lowest BCUT2D eigenvalue weighted by Crippen LogP contribution is -2.42. The number of urea groups is 1. The van der Waals surface area contributed by atoms with Gasteiger partial charge >= 0.3 is 6.03 Å². The maximum absolute atomic E-state index is 12.9. The third-order valence-corrected chi connectivity index (χ3v) is 4.64. The van der Waals surface area contributed by atoms with E-state index in [1.165, 1.54) is 24.3 Å². The normalized spacial score (nSPS) is 16.8. The highest BCUT2D eigenvalue weighted by Crippen LogP contribution is 2.18. The van der Waals surface area contributed by atoms with Crippen LogP contribution in [0.1, 0.15) is 23.6 Å². The second kappa shape index (κ2) is 9.52. The Kier molecular flexibility index (Phi) is 7.37. The number of amides is 3. The summed E-state index contributed by atoms with van der Waals surface area (Å²) in [4.78, 5) is 26.4. The van der Waals surface area contributed by atoms with Gasteiger partial charge in [0.15, 0.2) is 0 Å². The van der Waals surface area contributed by atoms with Crippen molar-refractivity contribution < 1.29 is 14.0 Å². The summed E-state index contributed by atoms with van der Waals surface area (Å²) in [5.74, 6) is -0.516. The minimum Gasteiger partial charge on any atom is -0.339 e. The molecule has 8 heteroatoms. The average molecular weight is 407 g/mol. The zero-order valence-corrected chi connectivity index (χ0v) is 16.3. The molecular weight excluding hydrogens is 383 g/mol. The van der Waals surface area contributed by atoms with E-state index in [1.807, 2.05) is 31.2 Å². The van der Waals surface area contributed by atoms with Crippen molar-refractivity contribution in [1.82, 2.24) is 10.2 Å². The number of nitrogens with zero attached hydrogens (tertiary/aromatic N) is 1. The van der Waals surface area contributed by atoms with Crippen LogP contribution in [0.4, 0.5) is 14.9 Å². The monoisotopic (exact) mass is 406 g/mol. The highest BCUT2D eigenvalue weighted by Gasteiger charge is 2.30. The number of halogens is 2. The molecule has 2 unspecified atom stereocenters. The van der Waals surface area contributed by atoms with Crippen LogP contribution in [0.15, 0.2) is 48.5 Å². The summed E-state index contributed by atoms with van der Waals surface area (Å²) in [6.07, 6.45) is 0.656. The van der Waals surface area contributed by atoms with Gasteiger partial charge < -0.3 is 21.3 Å². The van der Waals surface area contributed by atoms with Gasteiger partial charge in [0, 0.05) is 24.8 Å². The molecule has 1 aliphatic heterocycles. The number of carbonyl (C=O) groups excluding carboxylic acids is 2. The van der Waals surface area contributed by atoms with Crippen molar-refractivity contribution in [3.8, 4) is 0 Å². The van der Waals surface area contributed by atoms with Gasteiger partial charge in [-0.1, -0.05) is 29.8 Å². The zero-order valence-electron chi connectivity index (χ0n) is 15.5. The van der Waals surface area contributed by atoms with Crippen LogP contribution in [-0.2, 0) is 4.79 Å². The van der Waals surface area contributed by atoms with Gasteiger partial charge in [0.2, 0.25) is 5.91 Å². The topological polar surface area (TPSA) is 87.5 Å². The smallest absolute Gasteiger partial charge is 0.319 e. The van der Waals surface area contributed by atoms with Gasteiger partial charge in [0.05, 0.1) is 0 Å². The molecule has 0 spiro atoms. The quantitative estimate of drug-likeness (QED) is 0.729. The van der Waals surface area contributed by atoms with Crippen LogP contribution < -0.4 is 16.4 Å². The minimum atomic E-state index is -0.711. The fourth-order valence-corrected chi connectivity index (χ4v) is 3.08. The van der Waals surface area contributed by atoms with E-state index < -0.39 is 6.04 Å². The van der Waals surface area contributed by atoms with Gasteiger partial charge in [-0.3, -0.25) is 4.79 Å². The van der Waals surface area contributed by atoms with Gasteiger partial charge in [-0.2, -0.15) is 0 Å². The fraction of sp³-hybridized carbons (Fsp3) is 0.300. The Balaban J connectivity index is 0.00000280. The first-order valence-corrected chi connectivity index (χ1v) is 8.86. The van der Waals surface area contributed by atoms with Crippen molar-refractivity contribution in [1.29, 1.82) is 0 Å².